The Kier molecular flexibility index (Phi) is 3.77. The first kappa shape index (κ1) is 9.23. The van der Waals surface area contributed by atoms with Gasteiger partial charge < -0.3 is 10.3 Å². The maximum Gasteiger partial charge on any atom is 0.103 e. The van der Waals surface area contributed by atoms with Crippen LogP contribution in [0.25, 0.3) is 0 Å². The van der Waals surface area contributed by atoms with Crippen molar-refractivity contribution in [3.8, 4) is 0 Å². The van der Waals surface area contributed by atoms with E-state index in [-0.39, 0.29) is 0 Å². The minimum atomic E-state index is 0.337. The largest absolute Gasteiger partial charge is 0.634 e. The summed E-state index contributed by atoms with van der Waals surface area (Å²) in [6, 6.07) is 9.89. The van der Waals surface area contributed by atoms with E-state index in [1.165, 1.54) is 0 Å². The van der Waals surface area contributed by atoms with Crippen LogP contribution >= 0.6 is 0 Å². The van der Waals surface area contributed by atoms with Gasteiger partial charge in [-0.15, -0.1) is 0 Å². The highest BCUT2D eigenvalue weighted by molar-refractivity contribution is 5.13. The summed E-state index contributed by atoms with van der Waals surface area (Å²) in [7, 11) is 0. The van der Waals surface area contributed by atoms with E-state index in [1.807, 2.05) is 37.3 Å². The number of nitrogens with one attached hydrogen (secondary N) is 1. The molecule has 2 nitrogen and oxygen atoms in total. The molecule has 66 valence electrons. The summed E-state index contributed by atoms with van der Waals surface area (Å²) in [5.41, 5.74) is 1.12. The summed E-state index contributed by atoms with van der Waals surface area (Å²) in [5, 5.41) is 11.5. The standard InChI is InChI=1S/C10H15NO/c1-2-8-11(12)9-10-6-4-3-5-7-10/h3-7,11H,2,8-9H2,1H3. The monoisotopic (exact) mass is 165 g/mol. The lowest BCUT2D eigenvalue weighted by atomic mass is 10.2. The third-order valence-electron chi connectivity index (χ3n) is 1.77. The predicted octanol–water partition coefficient (Wildman–Crippen LogP) is 0.979. The molecule has 1 aromatic rings. The van der Waals surface area contributed by atoms with E-state index >= 15 is 0 Å². The van der Waals surface area contributed by atoms with Gasteiger partial charge in [0.2, 0.25) is 0 Å². The lowest BCUT2D eigenvalue weighted by Crippen LogP contribution is -3.05. The Bertz CT molecular complexity index is 210. The Morgan fingerprint density at radius 1 is 1.25 bits per heavy atom. The van der Waals surface area contributed by atoms with Crippen molar-refractivity contribution in [3.05, 3.63) is 41.1 Å². The highest BCUT2D eigenvalue weighted by atomic mass is 16.5. The van der Waals surface area contributed by atoms with Crippen LogP contribution in [0.1, 0.15) is 18.9 Å². The van der Waals surface area contributed by atoms with E-state index < -0.39 is 0 Å². The molecule has 1 atom stereocenters. The molecule has 0 bridgehead atoms. The third-order valence-corrected chi connectivity index (χ3v) is 1.77. The van der Waals surface area contributed by atoms with Gasteiger partial charge in [0, 0.05) is 5.56 Å². The molecule has 2 heteroatoms. The number of hydroxylamine groups is 2. The molecule has 0 amide bonds. The van der Waals surface area contributed by atoms with Crippen molar-refractivity contribution in [2.45, 2.75) is 19.9 Å². The van der Waals surface area contributed by atoms with Crippen LogP contribution in [0.4, 0.5) is 0 Å². The fraction of sp³-hybridized carbons (Fsp3) is 0.400. The first-order valence-electron chi connectivity index (χ1n) is 4.38. The molecule has 1 unspecified atom stereocenters. The number of rotatable bonds is 4. The second kappa shape index (κ2) is 4.91. The van der Waals surface area contributed by atoms with Crippen molar-refractivity contribution in [1.29, 1.82) is 0 Å². The van der Waals surface area contributed by atoms with E-state index in [2.05, 4.69) is 0 Å². The Morgan fingerprint density at radius 2 is 1.92 bits per heavy atom. The molecule has 1 N–H and O–H groups in total. The predicted molar refractivity (Wildman–Crippen MR) is 49.6 cm³/mol. The van der Waals surface area contributed by atoms with Crippen LogP contribution in [0.2, 0.25) is 0 Å². The molecular weight excluding hydrogens is 150 g/mol. The molecule has 0 saturated heterocycles. The third kappa shape index (κ3) is 3.03. The molecule has 1 rings (SSSR count). The minimum absolute atomic E-state index is 0.337. The van der Waals surface area contributed by atoms with Crippen LogP contribution in [-0.4, -0.2) is 6.54 Å². The smallest absolute Gasteiger partial charge is 0.103 e. The summed E-state index contributed by atoms with van der Waals surface area (Å²) < 4.78 is 0. The Balaban J connectivity index is 2.41. The zero-order valence-electron chi connectivity index (χ0n) is 7.42. The van der Waals surface area contributed by atoms with Gasteiger partial charge >= 0.3 is 0 Å². The summed E-state index contributed by atoms with van der Waals surface area (Å²) >= 11 is 0. The van der Waals surface area contributed by atoms with Gasteiger partial charge in [0.15, 0.2) is 0 Å². The van der Waals surface area contributed by atoms with Crippen LogP contribution in [0.15, 0.2) is 30.3 Å². The second-order valence-corrected chi connectivity index (χ2v) is 2.95. The fourth-order valence-electron chi connectivity index (χ4n) is 1.19. The highest BCUT2D eigenvalue weighted by Crippen LogP contribution is 1.94. The molecule has 0 aliphatic carbocycles. The lowest BCUT2D eigenvalue weighted by molar-refractivity contribution is -0.862. The average Bonchev–Trinajstić information content (AvgIpc) is 2.06. The summed E-state index contributed by atoms with van der Waals surface area (Å²) in [5.74, 6) is 0. The summed E-state index contributed by atoms with van der Waals surface area (Å²) in [6.07, 6.45) is 0.950. The number of benzene rings is 1. The molecule has 0 heterocycles. The Morgan fingerprint density at radius 3 is 2.50 bits per heavy atom. The van der Waals surface area contributed by atoms with Crippen LogP contribution in [-0.2, 0) is 6.54 Å². The molecule has 0 aliphatic rings. The van der Waals surface area contributed by atoms with Gasteiger partial charge in [-0.25, -0.2) is 0 Å². The maximum atomic E-state index is 11.2. The summed E-state index contributed by atoms with van der Waals surface area (Å²) in [6.45, 7) is 3.33. The molecule has 0 spiro atoms. The molecule has 12 heavy (non-hydrogen) atoms. The van der Waals surface area contributed by atoms with Crippen LogP contribution < -0.4 is 5.06 Å². The van der Waals surface area contributed by atoms with E-state index in [1.54, 1.807) is 0 Å². The molecule has 0 aliphatic heterocycles. The lowest BCUT2D eigenvalue weighted by Gasteiger charge is -2.21. The Hall–Kier alpha value is -0.860. The molecule has 0 radical (unpaired) electrons. The van der Waals surface area contributed by atoms with Crippen molar-refractivity contribution in [2.24, 2.45) is 0 Å². The minimum Gasteiger partial charge on any atom is -0.634 e. The number of hydrogen-bond acceptors (Lipinski definition) is 1. The number of hydrogen-bond donors (Lipinski definition) is 1. The van der Waals surface area contributed by atoms with E-state index in [9.17, 15) is 5.21 Å². The van der Waals surface area contributed by atoms with E-state index in [0.717, 1.165) is 12.0 Å². The van der Waals surface area contributed by atoms with Crippen LogP contribution in [0, 0.1) is 5.21 Å². The van der Waals surface area contributed by atoms with Crippen molar-refractivity contribution < 1.29 is 5.06 Å². The van der Waals surface area contributed by atoms with Gasteiger partial charge in [-0.05, 0) is 6.42 Å². The van der Waals surface area contributed by atoms with Crippen molar-refractivity contribution in [2.75, 3.05) is 6.54 Å². The molecular formula is C10H15NO. The quantitative estimate of drug-likeness (QED) is 0.662. The van der Waals surface area contributed by atoms with Gasteiger partial charge in [-0.2, -0.15) is 0 Å². The van der Waals surface area contributed by atoms with E-state index in [4.69, 9.17) is 0 Å². The van der Waals surface area contributed by atoms with E-state index in [0.29, 0.717) is 18.2 Å². The average molecular weight is 165 g/mol. The summed E-state index contributed by atoms with van der Waals surface area (Å²) in [4.78, 5) is 0. The Labute approximate surface area is 73.4 Å². The van der Waals surface area contributed by atoms with Crippen molar-refractivity contribution in [1.82, 2.24) is 0 Å². The maximum absolute atomic E-state index is 11.2. The molecule has 1 aromatic carbocycles. The van der Waals surface area contributed by atoms with Crippen molar-refractivity contribution >= 4 is 0 Å². The normalized spacial score (nSPS) is 12.8. The van der Waals surface area contributed by atoms with Crippen LogP contribution in [0.5, 0.6) is 0 Å². The van der Waals surface area contributed by atoms with Gasteiger partial charge in [0.25, 0.3) is 0 Å². The zero-order valence-corrected chi connectivity index (χ0v) is 7.42. The van der Waals surface area contributed by atoms with Crippen molar-refractivity contribution in [3.63, 3.8) is 0 Å². The van der Waals surface area contributed by atoms with Crippen LogP contribution in [0.3, 0.4) is 0 Å². The topological polar surface area (TPSA) is 27.5 Å². The first-order valence-corrected chi connectivity index (χ1v) is 4.38. The van der Waals surface area contributed by atoms with Gasteiger partial charge in [-0.3, -0.25) is 0 Å². The van der Waals surface area contributed by atoms with Gasteiger partial charge in [0.1, 0.15) is 6.54 Å². The molecule has 0 saturated carbocycles. The van der Waals surface area contributed by atoms with Gasteiger partial charge in [0.05, 0.1) is 6.54 Å². The van der Waals surface area contributed by atoms with Gasteiger partial charge in [-0.1, -0.05) is 37.3 Å². The molecule has 0 aromatic heterocycles. The second-order valence-electron chi connectivity index (χ2n) is 2.95. The SMILES string of the molecule is CCC[NH+]([O-])Cc1ccccc1. The first-order chi connectivity index (χ1) is 5.83. The number of quaternary nitrogens is 1. The molecule has 0 fully saturated rings. The zero-order chi connectivity index (χ0) is 8.81. The fourth-order valence-corrected chi connectivity index (χ4v) is 1.19. The highest BCUT2D eigenvalue weighted by Gasteiger charge is 1.96.